The lowest BCUT2D eigenvalue weighted by Gasteiger charge is -2.19. The molecule has 0 saturated carbocycles. The third kappa shape index (κ3) is 4.78. The van der Waals surface area contributed by atoms with Gasteiger partial charge in [-0.15, -0.1) is 0 Å². The zero-order valence-electron chi connectivity index (χ0n) is 17.6. The molecule has 0 fully saturated rings. The molecule has 2 heterocycles. The summed E-state index contributed by atoms with van der Waals surface area (Å²) < 4.78 is 2.31. The molecule has 3 rings (SSSR count). The lowest BCUT2D eigenvalue weighted by atomic mass is 9.96. The molecule has 8 nitrogen and oxygen atoms in total. The summed E-state index contributed by atoms with van der Waals surface area (Å²) in [5.74, 6) is 0.0776. The van der Waals surface area contributed by atoms with Gasteiger partial charge in [0.05, 0.1) is 16.5 Å². The highest BCUT2D eigenvalue weighted by atomic mass is 35.5. The zero-order chi connectivity index (χ0) is 23.1. The van der Waals surface area contributed by atoms with Gasteiger partial charge in [0, 0.05) is 24.5 Å². The number of anilines is 1. The van der Waals surface area contributed by atoms with Gasteiger partial charge in [0.15, 0.2) is 5.65 Å². The number of nitrogens with zero attached hydrogens (tertiary/aromatic N) is 4. The van der Waals surface area contributed by atoms with Crippen LogP contribution in [0.5, 0.6) is 0 Å². The number of thioether (sulfide) groups is 1. The van der Waals surface area contributed by atoms with Crippen molar-refractivity contribution in [3.05, 3.63) is 54.9 Å². The minimum absolute atomic E-state index is 0.0372. The molecule has 0 saturated heterocycles. The van der Waals surface area contributed by atoms with Crippen LogP contribution in [0.25, 0.3) is 11.0 Å². The van der Waals surface area contributed by atoms with Gasteiger partial charge in [-0.05, 0) is 18.2 Å². The highest BCUT2D eigenvalue weighted by molar-refractivity contribution is 8.00. The number of carbonyl (C=O) groups excluding carboxylic acids is 1. The first-order chi connectivity index (χ1) is 14.4. The normalized spacial score (nSPS) is 11.7. The molecule has 3 aromatic rings. The molecule has 1 amide bonds. The number of aromatic nitrogens is 4. The average Bonchev–Trinajstić information content (AvgIpc) is 2.70. The second kappa shape index (κ2) is 8.64. The van der Waals surface area contributed by atoms with Crippen LogP contribution in [0.3, 0.4) is 0 Å². The summed E-state index contributed by atoms with van der Waals surface area (Å²) in [6.07, 6.45) is 0. The van der Waals surface area contributed by atoms with E-state index in [4.69, 9.17) is 23.2 Å². The van der Waals surface area contributed by atoms with Crippen molar-refractivity contribution in [1.82, 2.24) is 19.1 Å². The molecule has 0 aliphatic rings. The van der Waals surface area contributed by atoms with E-state index >= 15 is 0 Å². The Morgan fingerprint density at radius 2 is 1.81 bits per heavy atom. The van der Waals surface area contributed by atoms with Crippen molar-refractivity contribution < 1.29 is 4.79 Å². The SMILES string of the molecule is Cn1c(=O)c2c(SCC(=O)Nc3cc(Cl)ccc3Cl)nc(C(C)(C)C)nc2n(C)c1=O. The van der Waals surface area contributed by atoms with Crippen LogP contribution in [0.4, 0.5) is 5.69 Å². The second-order valence-electron chi connectivity index (χ2n) is 7.97. The lowest BCUT2D eigenvalue weighted by molar-refractivity contribution is -0.113. The van der Waals surface area contributed by atoms with Gasteiger partial charge in [-0.25, -0.2) is 14.8 Å². The first kappa shape index (κ1) is 23.3. The number of fused-ring (bicyclic) bond motifs is 1. The lowest BCUT2D eigenvalue weighted by Crippen LogP contribution is -2.38. The van der Waals surface area contributed by atoms with Crippen molar-refractivity contribution in [2.75, 3.05) is 11.1 Å². The highest BCUT2D eigenvalue weighted by Crippen LogP contribution is 2.28. The molecule has 1 aromatic carbocycles. The Morgan fingerprint density at radius 1 is 1.13 bits per heavy atom. The Balaban J connectivity index is 2.02. The van der Waals surface area contributed by atoms with Crippen molar-refractivity contribution in [3.63, 3.8) is 0 Å². The van der Waals surface area contributed by atoms with E-state index in [1.54, 1.807) is 25.2 Å². The average molecular weight is 482 g/mol. The molecule has 0 aliphatic carbocycles. The topological polar surface area (TPSA) is 98.9 Å². The number of hydrogen-bond acceptors (Lipinski definition) is 6. The maximum atomic E-state index is 12.8. The minimum Gasteiger partial charge on any atom is -0.324 e. The number of halogens is 2. The van der Waals surface area contributed by atoms with Gasteiger partial charge in [-0.3, -0.25) is 18.7 Å². The third-order valence-electron chi connectivity index (χ3n) is 4.48. The van der Waals surface area contributed by atoms with Crippen LogP contribution in [0, 0.1) is 0 Å². The maximum absolute atomic E-state index is 12.8. The number of amides is 1. The Bertz CT molecular complexity index is 1310. The quantitative estimate of drug-likeness (QED) is 0.452. The van der Waals surface area contributed by atoms with E-state index in [1.807, 2.05) is 20.8 Å². The minimum atomic E-state index is -0.514. The van der Waals surface area contributed by atoms with Crippen LogP contribution in [0.2, 0.25) is 10.0 Å². The van der Waals surface area contributed by atoms with E-state index < -0.39 is 16.7 Å². The number of nitrogens with one attached hydrogen (secondary N) is 1. The third-order valence-corrected chi connectivity index (χ3v) is 6.02. The number of aryl methyl sites for hydroxylation is 1. The molecule has 31 heavy (non-hydrogen) atoms. The Kier molecular flexibility index (Phi) is 6.50. The number of carbonyl (C=O) groups is 1. The van der Waals surface area contributed by atoms with Crippen molar-refractivity contribution in [2.24, 2.45) is 14.1 Å². The van der Waals surface area contributed by atoms with Crippen LogP contribution in [-0.2, 0) is 24.3 Å². The van der Waals surface area contributed by atoms with Gasteiger partial charge in [0.25, 0.3) is 5.56 Å². The zero-order valence-corrected chi connectivity index (χ0v) is 19.9. The number of hydrogen-bond donors (Lipinski definition) is 1. The van der Waals surface area contributed by atoms with E-state index in [2.05, 4.69) is 15.3 Å². The Morgan fingerprint density at radius 3 is 2.45 bits per heavy atom. The van der Waals surface area contributed by atoms with Crippen LogP contribution < -0.4 is 16.6 Å². The summed E-state index contributed by atoms with van der Waals surface area (Å²) in [4.78, 5) is 46.8. The first-order valence-electron chi connectivity index (χ1n) is 9.26. The molecule has 0 radical (unpaired) electrons. The van der Waals surface area contributed by atoms with E-state index in [-0.39, 0.29) is 22.7 Å². The first-order valence-corrected chi connectivity index (χ1v) is 11.0. The molecule has 0 spiro atoms. The predicted molar refractivity (Wildman–Crippen MR) is 125 cm³/mol. The fraction of sp³-hybridized carbons (Fsp3) is 0.350. The molecular weight excluding hydrogens is 461 g/mol. The molecule has 11 heteroatoms. The van der Waals surface area contributed by atoms with Gasteiger partial charge in [0.1, 0.15) is 16.2 Å². The largest absolute Gasteiger partial charge is 0.332 e. The fourth-order valence-corrected chi connectivity index (χ4v) is 3.93. The summed E-state index contributed by atoms with van der Waals surface area (Å²) in [5.41, 5.74) is -0.813. The molecule has 0 bridgehead atoms. The molecule has 164 valence electrons. The van der Waals surface area contributed by atoms with Crippen molar-refractivity contribution >= 4 is 57.6 Å². The van der Waals surface area contributed by atoms with Gasteiger partial charge >= 0.3 is 5.69 Å². The molecule has 0 aliphatic heterocycles. The van der Waals surface area contributed by atoms with Gasteiger partial charge in [0.2, 0.25) is 5.91 Å². The highest BCUT2D eigenvalue weighted by Gasteiger charge is 2.24. The van der Waals surface area contributed by atoms with Gasteiger partial charge < -0.3 is 5.32 Å². The summed E-state index contributed by atoms with van der Waals surface area (Å²) in [7, 11) is 2.94. The standard InChI is InChI=1S/C20H21Cl2N5O3S/c1-20(2,3)18-24-15-14(17(29)27(5)19(30)26(15)4)16(25-18)31-9-13(28)23-12-8-10(21)6-7-11(12)22/h6-8H,9H2,1-5H3,(H,23,28). The fourth-order valence-electron chi connectivity index (χ4n) is 2.78. The Labute approximate surface area is 192 Å². The van der Waals surface area contributed by atoms with E-state index in [9.17, 15) is 14.4 Å². The van der Waals surface area contributed by atoms with E-state index in [1.165, 1.54) is 11.6 Å². The number of rotatable bonds is 4. The van der Waals surface area contributed by atoms with Crippen molar-refractivity contribution in [1.29, 1.82) is 0 Å². The van der Waals surface area contributed by atoms with Gasteiger partial charge in [-0.2, -0.15) is 0 Å². The Hall–Kier alpha value is -2.36. The molecule has 1 N–H and O–H groups in total. The molecule has 0 atom stereocenters. The van der Waals surface area contributed by atoms with Crippen LogP contribution in [0.1, 0.15) is 26.6 Å². The number of benzene rings is 1. The van der Waals surface area contributed by atoms with Crippen molar-refractivity contribution in [2.45, 2.75) is 31.2 Å². The monoisotopic (exact) mass is 481 g/mol. The summed E-state index contributed by atoms with van der Waals surface area (Å²) >= 11 is 13.1. The summed E-state index contributed by atoms with van der Waals surface area (Å²) in [6, 6.07) is 4.76. The molecular formula is C20H21Cl2N5O3S. The second-order valence-corrected chi connectivity index (χ2v) is 9.78. The molecule has 2 aromatic heterocycles. The van der Waals surface area contributed by atoms with Crippen LogP contribution >= 0.6 is 35.0 Å². The van der Waals surface area contributed by atoms with Gasteiger partial charge in [-0.1, -0.05) is 55.7 Å². The predicted octanol–water partition coefficient (Wildman–Crippen LogP) is 3.36. The summed E-state index contributed by atoms with van der Waals surface area (Å²) in [5, 5.41) is 4.02. The van der Waals surface area contributed by atoms with E-state index in [0.29, 0.717) is 26.6 Å². The van der Waals surface area contributed by atoms with Crippen LogP contribution in [-0.4, -0.2) is 30.8 Å². The summed E-state index contributed by atoms with van der Waals surface area (Å²) in [6.45, 7) is 5.78. The van der Waals surface area contributed by atoms with E-state index in [0.717, 1.165) is 16.3 Å². The molecule has 0 unspecified atom stereocenters. The maximum Gasteiger partial charge on any atom is 0.332 e. The van der Waals surface area contributed by atoms with Crippen molar-refractivity contribution in [3.8, 4) is 0 Å². The smallest absolute Gasteiger partial charge is 0.324 e. The van der Waals surface area contributed by atoms with Crippen LogP contribution in [0.15, 0.2) is 32.8 Å².